The molecule has 35 heavy (non-hydrogen) atoms. The Hall–Kier alpha value is -3.45. The SMILES string of the molecule is CCOC(=O)C1=C(C)N=c2s/c(=C\c3ccc(C(C)(C)C)cc3)c(=O)n2[C@@H]1c1ccc(OC)cc1. The molecular formula is C28H30N2O4S. The highest BCUT2D eigenvalue weighted by molar-refractivity contribution is 7.07. The summed E-state index contributed by atoms with van der Waals surface area (Å²) in [6, 6.07) is 15.0. The summed E-state index contributed by atoms with van der Waals surface area (Å²) in [6.45, 7) is 10.3. The zero-order chi connectivity index (χ0) is 25.3. The first-order valence-electron chi connectivity index (χ1n) is 11.6. The van der Waals surface area contributed by atoms with Crippen molar-refractivity contribution >= 4 is 23.4 Å². The molecule has 0 aliphatic carbocycles. The molecule has 2 aromatic carbocycles. The zero-order valence-corrected chi connectivity index (χ0v) is 21.7. The van der Waals surface area contributed by atoms with E-state index in [2.05, 4.69) is 37.9 Å². The Morgan fingerprint density at radius 2 is 1.77 bits per heavy atom. The number of nitrogens with zero attached hydrogens (tertiary/aromatic N) is 2. The van der Waals surface area contributed by atoms with Crippen LogP contribution in [-0.2, 0) is 14.9 Å². The van der Waals surface area contributed by atoms with Crippen molar-refractivity contribution in [3.63, 3.8) is 0 Å². The Kier molecular flexibility index (Phi) is 6.81. The second kappa shape index (κ2) is 9.66. The Balaban J connectivity index is 1.88. The quantitative estimate of drug-likeness (QED) is 0.505. The van der Waals surface area contributed by atoms with Gasteiger partial charge in [-0.25, -0.2) is 9.79 Å². The van der Waals surface area contributed by atoms with Crippen molar-refractivity contribution in [3.8, 4) is 5.75 Å². The van der Waals surface area contributed by atoms with E-state index in [-0.39, 0.29) is 17.6 Å². The lowest BCUT2D eigenvalue weighted by molar-refractivity contribution is -0.139. The molecule has 182 valence electrons. The van der Waals surface area contributed by atoms with Crippen molar-refractivity contribution in [1.29, 1.82) is 0 Å². The minimum absolute atomic E-state index is 0.0528. The van der Waals surface area contributed by atoms with E-state index in [0.717, 1.165) is 11.1 Å². The summed E-state index contributed by atoms with van der Waals surface area (Å²) < 4.78 is 12.8. The van der Waals surface area contributed by atoms with Gasteiger partial charge in [-0.15, -0.1) is 0 Å². The van der Waals surface area contributed by atoms with Gasteiger partial charge in [0.15, 0.2) is 4.80 Å². The average molecular weight is 491 g/mol. The number of fused-ring (bicyclic) bond motifs is 1. The molecule has 1 aliphatic heterocycles. The first-order chi connectivity index (χ1) is 16.6. The molecule has 7 heteroatoms. The number of benzene rings is 2. The third-order valence-electron chi connectivity index (χ3n) is 6.02. The zero-order valence-electron chi connectivity index (χ0n) is 20.9. The van der Waals surface area contributed by atoms with Crippen LogP contribution in [0.3, 0.4) is 0 Å². The molecule has 0 amide bonds. The summed E-state index contributed by atoms with van der Waals surface area (Å²) in [5.74, 6) is 0.222. The van der Waals surface area contributed by atoms with Gasteiger partial charge in [0.05, 0.1) is 35.6 Å². The largest absolute Gasteiger partial charge is 0.497 e. The van der Waals surface area contributed by atoms with E-state index in [0.29, 0.717) is 26.4 Å². The van der Waals surface area contributed by atoms with Crippen LogP contribution < -0.4 is 19.6 Å². The molecule has 3 aromatic rings. The summed E-state index contributed by atoms with van der Waals surface area (Å²) in [4.78, 5) is 31.8. The molecule has 0 saturated heterocycles. The molecule has 0 N–H and O–H groups in total. The molecule has 0 spiro atoms. The van der Waals surface area contributed by atoms with Gasteiger partial charge in [0.2, 0.25) is 0 Å². The second-order valence-electron chi connectivity index (χ2n) is 9.45. The number of esters is 1. The highest BCUT2D eigenvalue weighted by Gasteiger charge is 2.33. The van der Waals surface area contributed by atoms with Gasteiger partial charge < -0.3 is 9.47 Å². The van der Waals surface area contributed by atoms with Crippen molar-refractivity contribution in [2.75, 3.05) is 13.7 Å². The fourth-order valence-electron chi connectivity index (χ4n) is 4.12. The first-order valence-corrected chi connectivity index (χ1v) is 12.4. The van der Waals surface area contributed by atoms with E-state index in [4.69, 9.17) is 9.47 Å². The maximum absolute atomic E-state index is 13.7. The molecule has 0 unspecified atom stereocenters. The van der Waals surface area contributed by atoms with Crippen molar-refractivity contribution in [3.05, 3.63) is 96.2 Å². The van der Waals surface area contributed by atoms with E-state index in [1.54, 1.807) is 25.5 Å². The van der Waals surface area contributed by atoms with E-state index in [1.807, 2.05) is 42.5 Å². The van der Waals surface area contributed by atoms with Crippen LogP contribution in [-0.4, -0.2) is 24.3 Å². The Morgan fingerprint density at radius 3 is 2.34 bits per heavy atom. The lowest BCUT2D eigenvalue weighted by Gasteiger charge is -2.24. The number of hydrogen-bond acceptors (Lipinski definition) is 6. The smallest absolute Gasteiger partial charge is 0.338 e. The summed E-state index contributed by atoms with van der Waals surface area (Å²) in [7, 11) is 1.60. The van der Waals surface area contributed by atoms with Crippen LogP contribution in [0.25, 0.3) is 6.08 Å². The Morgan fingerprint density at radius 1 is 1.11 bits per heavy atom. The number of aromatic nitrogens is 1. The van der Waals surface area contributed by atoms with Crippen molar-refractivity contribution in [2.45, 2.75) is 46.1 Å². The molecule has 4 rings (SSSR count). The molecular weight excluding hydrogens is 460 g/mol. The standard InChI is InChI=1S/C28H30N2O4S/c1-7-34-26(32)23-17(2)29-27-30(24(23)19-10-14-21(33-6)15-11-19)25(31)22(35-27)16-18-8-12-20(13-9-18)28(3,4)5/h8-16,24H,7H2,1-6H3/b22-16-/t24-/m1/s1. The van der Waals surface area contributed by atoms with E-state index < -0.39 is 12.0 Å². The Labute approximate surface area is 208 Å². The molecule has 0 saturated carbocycles. The van der Waals surface area contributed by atoms with Crippen LogP contribution in [0.15, 0.2) is 69.6 Å². The third-order valence-corrected chi connectivity index (χ3v) is 7.01. The highest BCUT2D eigenvalue weighted by atomic mass is 32.1. The van der Waals surface area contributed by atoms with Gasteiger partial charge in [-0.1, -0.05) is 68.5 Å². The number of rotatable bonds is 5. The van der Waals surface area contributed by atoms with Gasteiger partial charge in [0.25, 0.3) is 5.56 Å². The molecule has 0 fully saturated rings. The lowest BCUT2D eigenvalue weighted by atomic mass is 9.87. The third kappa shape index (κ3) is 4.86. The number of ether oxygens (including phenoxy) is 2. The highest BCUT2D eigenvalue weighted by Crippen LogP contribution is 2.31. The summed E-state index contributed by atoms with van der Waals surface area (Å²) in [6.07, 6.45) is 1.88. The maximum Gasteiger partial charge on any atom is 0.338 e. The molecule has 1 aliphatic rings. The number of thiazole rings is 1. The normalized spacial score (nSPS) is 16.1. The van der Waals surface area contributed by atoms with Crippen LogP contribution in [0, 0.1) is 0 Å². The second-order valence-corrected chi connectivity index (χ2v) is 10.5. The number of hydrogen-bond donors (Lipinski definition) is 0. The molecule has 0 radical (unpaired) electrons. The summed E-state index contributed by atoms with van der Waals surface area (Å²) >= 11 is 1.32. The Bertz CT molecular complexity index is 1450. The van der Waals surface area contributed by atoms with E-state index in [9.17, 15) is 9.59 Å². The van der Waals surface area contributed by atoms with Gasteiger partial charge >= 0.3 is 5.97 Å². The summed E-state index contributed by atoms with van der Waals surface area (Å²) in [5, 5.41) is 0. The molecule has 0 bridgehead atoms. The van der Waals surface area contributed by atoms with E-state index >= 15 is 0 Å². The van der Waals surface area contributed by atoms with Crippen molar-refractivity contribution < 1.29 is 14.3 Å². The fraction of sp³-hybridized carbons (Fsp3) is 0.321. The number of carbonyl (C=O) groups excluding carboxylic acids is 1. The van der Waals surface area contributed by atoms with Crippen LogP contribution in [0.2, 0.25) is 0 Å². The van der Waals surface area contributed by atoms with Crippen molar-refractivity contribution in [2.24, 2.45) is 4.99 Å². The fourth-order valence-corrected chi connectivity index (χ4v) is 5.17. The molecule has 1 atom stereocenters. The molecule has 6 nitrogen and oxygen atoms in total. The number of allylic oxidation sites excluding steroid dienone is 1. The monoisotopic (exact) mass is 490 g/mol. The lowest BCUT2D eigenvalue weighted by Crippen LogP contribution is -2.39. The van der Waals surface area contributed by atoms with Gasteiger partial charge in [0, 0.05) is 0 Å². The van der Waals surface area contributed by atoms with Crippen LogP contribution in [0.4, 0.5) is 0 Å². The van der Waals surface area contributed by atoms with Crippen LogP contribution >= 0.6 is 11.3 Å². The summed E-state index contributed by atoms with van der Waals surface area (Å²) in [5.41, 5.74) is 3.72. The minimum Gasteiger partial charge on any atom is -0.497 e. The first kappa shape index (κ1) is 24.7. The predicted molar refractivity (Wildman–Crippen MR) is 139 cm³/mol. The number of carbonyl (C=O) groups is 1. The molecule has 1 aromatic heterocycles. The van der Waals surface area contributed by atoms with Gasteiger partial charge in [0.1, 0.15) is 5.75 Å². The maximum atomic E-state index is 13.7. The van der Waals surface area contributed by atoms with E-state index in [1.165, 1.54) is 16.9 Å². The van der Waals surface area contributed by atoms with Gasteiger partial charge in [-0.3, -0.25) is 9.36 Å². The average Bonchev–Trinajstić information content (AvgIpc) is 3.12. The van der Waals surface area contributed by atoms with Gasteiger partial charge in [-0.05, 0) is 54.2 Å². The predicted octanol–water partition coefficient (Wildman–Crippen LogP) is 4.10. The van der Waals surface area contributed by atoms with Crippen LogP contribution in [0.1, 0.15) is 57.4 Å². The van der Waals surface area contributed by atoms with Crippen LogP contribution in [0.5, 0.6) is 5.75 Å². The number of methoxy groups -OCH3 is 1. The topological polar surface area (TPSA) is 69.9 Å². The van der Waals surface area contributed by atoms with Crippen molar-refractivity contribution in [1.82, 2.24) is 4.57 Å². The molecule has 2 heterocycles. The van der Waals surface area contributed by atoms with Gasteiger partial charge in [-0.2, -0.15) is 0 Å². The minimum atomic E-state index is -0.637.